The first-order valence-corrected chi connectivity index (χ1v) is 10.4. The Labute approximate surface area is 174 Å². The molecular weight excluding hydrogens is 392 g/mol. The van der Waals surface area contributed by atoms with Gasteiger partial charge >= 0.3 is 5.97 Å². The van der Waals surface area contributed by atoms with Crippen LogP contribution in [0.2, 0.25) is 0 Å². The second kappa shape index (κ2) is 10.6. The number of rotatable bonds is 9. The molecule has 0 fully saturated rings. The highest BCUT2D eigenvalue weighted by Gasteiger charge is 2.20. The second-order valence-corrected chi connectivity index (χ2v) is 7.73. The molecule has 154 valence electrons. The fraction of sp³-hybridized carbons (Fsp3) is 0.333. The molecule has 0 aliphatic heterocycles. The van der Waals surface area contributed by atoms with Crippen LogP contribution in [0.5, 0.6) is 0 Å². The van der Waals surface area contributed by atoms with Gasteiger partial charge in [-0.2, -0.15) is 0 Å². The van der Waals surface area contributed by atoms with Crippen LogP contribution in [0.1, 0.15) is 42.2 Å². The molecule has 2 aromatic rings. The van der Waals surface area contributed by atoms with Crippen LogP contribution in [0.4, 0.5) is 5.69 Å². The molecule has 1 amide bonds. The minimum atomic E-state index is -0.781. The Morgan fingerprint density at radius 3 is 2.45 bits per heavy atom. The molecule has 0 spiro atoms. The highest BCUT2D eigenvalue weighted by Crippen LogP contribution is 2.28. The second-order valence-electron chi connectivity index (χ2n) is 6.88. The van der Waals surface area contributed by atoms with Crippen LogP contribution in [0, 0.1) is 16.0 Å². The first-order valence-electron chi connectivity index (χ1n) is 9.15. The monoisotopic (exact) mass is 416 g/mol. The van der Waals surface area contributed by atoms with Crippen molar-refractivity contribution < 1.29 is 19.2 Å². The number of nitrogens with one attached hydrogen (secondary N) is 1. The van der Waals surface area contributed by atoms with Gasteiger partial charge in [0.2, 0.25) is 0 Å². The largest absolute Gasteiger partial charge is 0.452 e. The zero-order chi connectivity index (χ0) is 21.4. The average Bonchev–Trinajstić information content (AvgIpc) is 2.71. The molecular formula is C21H24N2O5S. The summed E-state index contributed by atoms with van der Waals surface area (Å²) < 4.78 is 5.06. The van der Waals surface area contributed by atoms with Crippen LogP contribution in [-0.2, 0) is 9.53 Å². The van der Waals surface area contributed by atoms with Crippen molar-refractivity contribution in [3.63, 3.8) is 0 Å². The van der Waals surface area contributed by atoms with Crippen molar-refractivity contribution in [2.45, 2.75) is 31.2 Å². The van der Waals surface area contributed by atoms with E-state index in [4.69, 9.17) is 4.74 Å². The number of carbonyl (C=O) groups is 2. The maximum absolute atomic E-state index is 12.3. The number of nitro groups is 1. The molecule has 1 N–H and O–H groups in total. The molecule has 2 rings (SSSR count). The maximum Gasteiger partial charge on any atom is 0.338 e. The van der Waals surface area contributed by atoms with Crippen molar-refractivity contribution in [3.05, 3.63) is 69.8 Å². The summed E-state index contributed by atoms with van der Waals surface area (Å²) in [4.78, 5) is 35.6. The fourth-order valence-corrected chi connectivity index (χ4v) is 3.39. The Morgan fingerprint density at radius 2 is 1.86 bits per heavy atom. The van der Waals surface area contributed by atoms with E-state index in [0.29, 0.717) is 10.8 Å². The van der Waals surface area contributed by atoms with Gasteiger partial charge in [-0.3, -0.25) is 14.9 Å². The third-order valence-corrected chi connectivity index (χ3v) is 4.97. The van der Waals surface area contributed by atoms with Gasteiger partial charge in [0.1, 0.15) is 0 Å². The first kappa shape index (κ1) is 22.4. The smallest absolute Gasteiger partial charge is 0.338 e. The Hall–Kier alpha value is -2.87. The molecule has 0 saturated carbocycles. The van der Waals surface area contributed by atoms with Crippen LogP contribution in [0.15, 0.2) is 53.4 Å². The van der Waals surface area contributed by atoms with Gasteiger partial charge in [-0.05, 0) is 36.3 Å². The van der Waals surface area contributed by atoms with Crippen LogP contribution in [-0.4, -0.2) is 29.7 Å². The van der Waals surface area contributed by atoms with Gasteiger partial charge in [0, 0.05) is 6.07 Å². The van der Waals surface area contributed by atoms with E-state index in [2.05, 4.69) is 19.2 Å². The maximum atomic E-state index is 12.3. The van der Waals surface area contributed by atoms with Gasteiger partial charge < -0.3 is 10.1 Å². The minimum absolute atomic E-state index is 0.0316. The van der Waals surface area contributed by atoms with Crippen molar-refractivity contribution in [2.24, 2.45) is 5.92 Å². The van der Waals surface area contributed by atoms with E-state index >= 15 is 0 Å². The summed E-state index contributed by atoms with van der Waals surface area (Å²) in [5.74, 6) is -0.849. The lowest BCUT2D eigenvalue weighted by atomic mass is 9.97. The molecule has 0 radical (unpaired) electrons. The quantitative estimate of drug-likeness (QED) is 0.282. The van der Waals surface area contributed by atoms with Crippen LogP contribution in [0.25, 0.3) is 0 Å². The van der Waals surface area contributed by atoms with E-state index in [1.807, 2.05) is 30.3 Å². The number of nitro benzene ring substituents is 1. The molecule has 1 atom stereocenters. The van der Waals surface area contributed by atoms with Crippen molar-refractivity contribution in [1.82, 2.24) is 5.32 Å². The van der Waals surface area contributed by atoms with E-state index in [1.54, 1.807) is 6.26 Å². The number of thioether (sulfide) groups is 1. The summed E-state index contributed by atoms with van der Waals surface area (Å²) in [7, 11) is 0. The van der Waals surface area contributed by atoms with Crippen LogP contribution >= 0.6 is 11.8 Å². The molecule has 0 aliphatic rings. The van der Waals surface area contributed by atoms with Crippen molar-refractivity contribution >= 4 is 29.3 Å². The first-order chi connectivity index (χ1) is 13.8. The highest BCUT2D eigenvalue weighted by atomic mass is 32.2. The lowest BCUT2D eigenvalue weighted by molar-refractivity contribution is -0.387. The Bertz CT molecular complexity index is 871. The molecule has 0 aromatic heterocycles. The van der Waals surface area contributed by atoms with Crippen molar-refractivity contribution in [2.75, 3.05) is 12.9 Å². The molecule has 0 aliphatic carbocycles. The number of nitrogens with zero attached hydrogens (tertiary/aromatic N) is 1. The predicted octanol–water partition coefficient (Wildman–Crippen LogP) is 4.38. The zero-order valence-electron chi connectivity index (χ0n) is 16.6. The average molecular weight is 416 g/mol. The third kappa shape index (κ3) is 6.60. The van der Waals surface area contributed by atoms with Gasteiger partial charge in [-0.15, -0.1) is 11.8 Å². The predicted molar refractivity (Wildman–Crippen MR) is 112 cm³/mol. The van der Waals surface area contributed by atoms with E-state index < -0.39 is 23.4 Å². The van der Waals surface area contributed by atoms with E-state index in [9.17, 15) is 19.7 Å². The van der Waals surface area contributed by atoms with Gasteiger partial charge in [-0.1, -0.05) is 44.2 Å². The van der Waals surface area contributed by atoms with E-state index in [1.165, 1.54) is 23.9 Å². The summed E-state index contributed by atoms with van der Waals surface area (Å²) >= 11 is 1.21. The minimum Gasteiger partial charge on any atom is -0.452 e. The fourth-order valence-electron chi connectivity index (χ4n) is 2.85. The molecule has 0 unspecified atom stereocenters. The summed E-state index contributed by atoms with van der Waals surface area (Å²) in [5.41, 5.74) is 0.839. The summed E-state index contributed by atoms with van der Waals surface area (Å²) in [5, 5.41) is 14.0. The molecule has 0 bridgehead atoms. The van der Waals surface area contributed by atoms with Gasteiger partial charge in [0.05, 0.1) is 21.4 Å². The van der Waals surface area contributed by atoms with Gasteiger partial charge in [0.15, 0.2) is 6.61 Å². The van der Waals surface area contributed by atoms with E-state index in [0.717, 1.165) is 18.1 Å². The van der Waals surface area contributed by atoms with Crippen LogP contribution in [0.3, 0.4) is 0 Å². The zero-order valence-corrected chi connectivity index (χ0v) is 17.4. The topological polar surface area (TPSA) is 98.5 Å². The van der Waals surface area contributed by atoms with E-state index in [-0.39, 0.29) is 17.3 Å². The Kier molecular flexibility index (Phi) is 8.21. The highest BCUT2D eigenvalue weighted by molar-refractivity contribution is 7.98. The normalized spacial score (nSPS) is 11.7. The number of carbonyl (C=O) groups excluding carboxylic acids is 2. The summed E-state index contributed by atoms with van der Waals surface area (Å²) in [6.45, 7) is 3.67. The molecule has 0 saturated heterocycles. The molecule has 8 heteroatoms. The Balaban J connectivity index is 2.01. The van der Waals surface area contributed by atoms with Crippen molar-refractivity contribution in [1.29, 1.82) is 0 Å². The number of hydrogen-bond donors (Lipinski definition) is 1. The molecule has 29 heavy (non-hydrogen) atoms. The lowest BCUT2D eigenvalue weighted by Crippen LogP contribution is -2.33. The molecule has 0 heterocycles. The van der Waals surface area contributed by atoms with Crippen LogP contribution < -0.4 is 5.32 Å². The van der Waals surface area contributed by atoms with Crippen molar-refractivity contribution in [3.8, 4) is 0 Å². The summed E-state index contributed by atoms with van der Waals surface area (Å²) in [6.07, 6.45) is 2.46. The molecule has 2 aromatic carbocycles. The van der Waals surface area contributed by atoms with Gasteiger partial charge in [-0.25, -0.2) is 4.79 Å². The number of ether oxygens (including phenoxy) is 1. The number of benzene rings is 2. The van der Waals surface area contributed by atoms with Gasteiger partial charge in [0.25, 0.3) is 11.6 Å². The number of amides is 1. The number of esters is 1. The standard InChI is InChI=1S/C21H24N2O5S/c1-14(2)11-17(15-7-5-4-6-8-15)22-20(24)13-28-21(25)16-9-10-19(29-3)18(12-16)23(26)27/h4-10,12,14,17H,11,13H2,1-3H3,(H,22,24)/t17-/m1/s1. The Morgan fingerprint density at radius 1 is 1.17 bits per heavy atom. The number of hydrogen-bond acceptors (Lipinski definition) is 6. The lowest BCUT2D eigenvalue weighted by Gasteiger charge is -2.21. The SMILES string of the molecule is CSc1ccc(C(=O)OCC(=O)N[C@H](CC(C)C)c2ccccc2)cc1[N+](=O)[O-]. The summed E-state index contributed by atoms with van der Waals surface area (Å²) in [6, 6.07) is 13.5. The molecule has 7 nitrogen and oxygen atoms in total. The third-order valence-electron chi connectivity index (χ3n) is 4.19.